The molecule has 3 saturated carbocycles. The summed E-state index contributed by atoms with van der Waals surface area (Å²) in [4.78, 5) is 41.9. The lowest BCUT2D eigenvalue weighted by atomic mass is 9.59. The Labute approximate surface area is 251 Å². The quantitative estimate of drug-likeness (QED) is 0.0968. The zero-order valence-corrected chi connectivity index (χ0v) is 26.0. The number of ketones is 2. The van der Waals surface area contributed by atoms with Crippen molar-refractivity contribution in [1.82, 2.24) is 5.32 Å². The lowest BCUT2D eigenvalue weighted by Crippen LogP contribution is -2.58. The molecule has 0 spiro atoms. The molecule has 0 amide bonds. The zero-order chi connectivity index (χ0) is 30.0. The van der Waals surface area contributed by atoms with Gasteiger partial charge in [-0.3, -0.25) is 9.59 Å². The summed E-state index contributed by atoms with van der Waals surface area (Å²) in [6.45, 7) is 5.10. The van der Waals surface area contributed by atoms with Gasteiger partial charge in [0.25, 0.3) is 5.60 Å². The third-order valence-corrected chi connectivity index (χ3v) is 11.6. The van der Waals surface area contributed by atoms with Gasteiger partial charge in [0.05, 0.1) is 19.4 Å². The SMILES string of the molecule is CCCCCCOC(=O)C12OC1(CC(CO)=C(C)CC1(C3CCNC(N)C3)CCCCC1)C(=O)C1CCCCC1C2=O. The highest BCUT2D eigenvalue weighted by molar-refractivity contribution is 6.23. The van der Waals surface area contributed by atoms with Crippen LogP contribution in [-0.4, -0.2) is 59.8 Å². The Morgan fingerprint density at radius 1 is 1.00 bits per heavy atom. The summed E-state index contributed by atoms with van der Waals surface area (Å²) in [6.07, 6.45) is 15.7. The van der Waals surface area contributed by atoms with Gasteiger partial charge in [-0.2, -0.15) is 0 Å². The van der Waals surface area contributed by atoms with Crippen molar-refractivity contribution < 1.29 is 29.0 Å². The number of hydrogen-bond donors (Lipinski definition) is 3. The average Bonchev–Trinajstić information content (AvgIpc) is 3.70. The summed E-state index contributed by atoms with van der Waals surface area (Å²) in [7, 11) is 0. The van der Waals surface area contributed by atoms with Crippen molar-refractivity contribution >= 4 is 17.5 Å². The van der Waals surface area contributed by atoms with E-state index in [1.807, 2.05) is 0 Å². The molecule has 0 bridgehead atoms. The van der Waals surface area contributed by atoms with Crippen LogP contribution in [0.3, 0.4) is 0 Å². The molecule has 5 aliphatic rings. The second-order valence-corrected chi connectivity index (χ2v) is 14.1. The first kappa shape index (κ1) is 31.8. The van der Waals surface area contributed by atoms with E-state index in [4.69, 9.17) is 15.2 Å². The molecule has 8 nitrogen and oxygen atoms in total. The predicted octanol–water partition coefficient (Wildman–Crippen LogP) is 4.90. The van der Waals surface area contributed by atoms with Crippen molar-refractivity contribution in [2.75, 3.05) is 19.8 Å². The van der Waals surface area contributed by atoms with Crippen molar-refractivity contribution in [3.63, 3.8) is 0 Å². The minimum atomic E-state index is -1.86. The molecule has 2 heterocycles. The number of ether oxygens (including phenoxy) is 2. The van der Waals surface area contributed by atoms with E-state index in [2.05, 4.69) is 19.2 Å². The van der Waals surface area contributed by atoms with E-state index in [1.165, 1.54) is 19.3 Å². The second kappa shape index (κ2) is 13.2. The average molecular weight is 587 g/mol. The molecule has 0 aromatic rings. The number of unbranched alkanes of at least 4 members (excludes halogenated alkanes) is 3. The number of esters is 1. The molecular formula is C34H54N2O6. The van der Waals surface area contributed by atoms with Crippen molar-refractivity contribution in [2.45, 2.75) is 140 Å². The van der Waals surface area contributed by atoms with Crippen molar-refractivity contribution in [3.05, 3.63) is 11.1 Å². The van der Waals surface area contributed by atoms with Crippen molar-refractivity contribution in [1.29, 1.82) is 0 Å². The Morgan fingerprint density at radius 3 is 2.38 bits per heavy atom. The molecule has 4 N–H and O–H groups in total. The Bertz CT molecular complexity index is 1050. The molecule has 0 aromatic heterocycles. The highest BCUT2D eigenvalue weighted by Gasteiger charge is 2.87. The van der Waals surface area contributed by atoms with Crippen LogP contribution in [0.2, 0.25) is 0 Å². The third-order valence-electron chi connectivity index (χ3n) is 11.6. The van der Waals surface area contributed by atoms with E-state index in [-0.39, 0.29) is 42.8 Å². The van der Waals surface area contributed by atoms with Crippen LogP contribution in [0.5, 0.6) is 0 Å². The molecule has 3 aliphatic carbocycles. The Hall–Kier alpha value is -1.61. The zero-order valence-electron chi connectivity index (χ0n) is 26.0. The van der Waals surface area contributed by atoms with Crippen LogP contribution in [-0.2, 0) is 23.9 Å². The smallest absolute Gasteiger partial charge is 0.349 e. The van der Waals surface area contributed by atoms with Gasteiger partial charge in [0.1, 0.15) is 0 Å². The van der Waals surface area contributed by atoms with Crippen LogP contribution >= 0.6 is 0 Å². The van der Waals surface area contributed by atoms with Gasteiger partial charge >= 0.3 is 5.97 Å². The first-order chi connectivity index (χ1) is 20.2. The highest BCUT2D eigenvalue weighted by Crippen LogP contribution is 2.62. The van der Waals surface area contributed by atoms with Crippen LogP contribution < -0.4 is 11.1 Å². The molecule has 5 fully saturated rings. The van der Waals surface area contributed by atoms with Gasteiger partial charge in [-0.1, -0.05) is 63.9 Å². The van der Waals surface area contributed by atoms with Gasteiger partial charge in [0.15, 0.2) is 17.2 Å². The maximum atomic E-state index is 14.2. The van der Waals surface area contributed by atoms with Crippen LogP contribution in [0.1, 0.15) is 123 Å². The van der Waals surface area contributed by atoms with Gasteiger partial charge in [0.2, 0.25) is 0 Å². The lowest BCUT2D eigenvalue weighted by molar-refractivity contribution is -0.158. The number of allylic oxidation sites excluding steroid dienone is 1. The Kier molecular flexibility index (Phi) is 9.97. The minimum Gasteiger partial charge on any atom is -0.463 e. The van der Waals surface area contributed by atoms with Crippen LogP contribution in [0.4, 0.5) is 0 Å². The monoisotopic (exact) mass is 586 g/mol. The molecule has 2 saturated heterocycles. The topological polar surface area (TPSA) is 131 Å². The molecule has 0 radical (unpaired) electrons. The molecule has 6 atom stereocenters. The summed E-state index contributed by atoms with van der Waals surface area (Å²) >= 11 is 0. The molecule has 6 unspecified atom stereocenters. The summed E-state index contributed by atoms with van der Waals surface area (Å²) < 4.78 is 11.9. The molecule has 2 aliphatic heterocycles. The second-order valence-electron chi connectivity index (χ2n) is 14.1. The van der Waals surface area contributed by atoms with Gasteiger partial charge in [0, 0.05) is 18.3 Å². The number of carbonyl (C=O) groups is 3. The predicted molar refractivity (Wildman–Crippen MR) is 160 cm³/mol. The highest BCUT2D eigenvalue weighted by atomic mass is 16.7. The Balaban J connectivity index is 1.42. The molecular weight excluding hydrogens is 532 g/mol. The number of aliphatic hydroxyl groups excluding tert-OH is 1. The maximum Gasteiger partial charge on any atom is 0.349 e. The number of nitrogens with two attached hydrogens (primary N) is 1. The number of aliphatic hydroxyl groups is 1. The Morgan fingerprint density at radius 2 is 1.71 bits per heavy atom. The fourth-order valence-electron chi connectivity index (χ4n) is 9.17. The van der Waals surface area contributed by atoms with Crippen LogP contribution in [0.25, 0.3) is 0 Å². The third kappa shape index (κ3) is 5.66. The molecule has 0 aromatic carbocycles. The summed E-state index contributed by atoms with van der Waals surface area (Å²) in [5.41, 5.74) is 4.82. The number of fused-ring (bicyclic) bond motifs is 2. The van der Waals surface area contributed by atoms with E-state index in [0.717, 1.165) is 88.3 Å². The van der Waals surface area contributed by atoms with Gasteiger partial charge < -0.3 is 25.6 Å². The minimum absolute atomic E-state index is 0.00538. The van der Waals surface area contributed by atoms with E-state index < -0.39 is 29.0 Å². The first-order valence-corrected chi connectivity index (χ1v) is 17.0. The summed E-state index contributed by atoms with van der Waals surface area (Å²) in [5.74, 6) is -1.50. The number of piperidine rings is 1. The lowest BCUT2D eigenvalue weighted by Gasteiger charge is -2.47. The fraction of sp³-hybridized carbons (Fsp3) is 0.853. The first-order valence-electron chi connectivity index (χ1n) is 17.0. The number of rotatable bonds is 12. The van der Waals surface area contributed by atoms with Gasteiger partial charge in [-0.15, -0.1) is 0 Å². The number of Topliss-reactive ketones (excluding diaryl/α,β-unsaturated/α-hetero) is 2. The number of carbonyl (C=O) groups excluding carboxylic acids is 3. The van der Waals surface area contributed by atoms with Crippen molar-refractivity contribution in [2.24, 2.45) is 28.9 Å². The largest absolute Gasteiger partial charge is 0.463 e. The number of nitrogens with one attached hydrogen (secondary N) is 1. The van der Waals surface area contributed by atoms with E-state index in [9.17, 15) is 19.5 Å². The molecule has 42 heavy (non-hydrogen) atoms. The molecule has 236 valence electrons. The van der Waals surface area contributed by atoms with E-state index in [1.54, 1.807) is 0 Å². The van der Waals surface area contributed by atoms with Crippen LogP contribution in [0.15, 0.2) is 11.1 Å². The summed E-state index contributed by atoms with van der Waals surface area (Å²) in [5, 5.41) is 14.1. The van der Waals surface area contributed by atoms with Crippen LogP contribution in [0, 0.1) is 23.2 Å². The van der Waals surface area contributed by atoms with E-state index in [0.29, 0.717) is 18.8 Å². The normalized spacial score (nSPS) is 36.5. The number of epoxide rings is 1. The van der Waals surface area contributed by atoms with E-state index >= 15 is 0 Å². The van der Waals surface area contributed by atoms with Gasteiger partial charge in [-0.25, -0.2) is 4.79 Å². The fourth-order valence-corrected chi connectivity index (χ4v) is 9.17. The van der Waals surface area contributed by atoms with Gasteiger partial charge in [-0.05, 0) is 81.7 Å². The molecule has 8 heteroatoms. The summed E-state index contributed by atoms with van der Waals surface area (Å²) in [6, 6.07) is 0. The standard InChI is InChI=1S/C34H54N2O6/c1-3-4-5-11-18-41-31(40)34-30(39)27-13-8-7-12-26(27)29(38)33(34,42-34)21-24(22-37)23(2)20-32(15-9-6-10-16-32)25-14-17-36-28(35)19-25/h25-28,36-37H,3-22,35H2,1-2H3. The maximum absolute atomic E-state index is 14.2. The number of hydrogen-bond acceptors (Lipinski definition) is 8. The van der Waals surface area contributed by atoms with Crippen molar-refractivity contribution in [3.8, 4) is 0 Å². The molecule has 5 rings (SSSR count).